The Morgan fingerprint density at radius 2 is 1.91 bits per heavy atom. The molecule has 0 spiro atoms. The van der Waals surface area contributed by atoms with Gasteiger partial charge in [-0.15, -0.1) is 0 Å². The minimum absolute atomic E-state index is 0.233. The monoisotopic (exact) mass is 449 g/mol. The number of benzene rings is 2. The van der Waals surface area contributed by atoms with Crippen LogP contribution in [0.4, 0.5) is 4.79 Å². The number of amides is 2. The van der Waals surface area contributed by atoms with E-state index in [0.29, 0.717) is 25.2 Å². The van der Waals surface area contributed by atoms with E-state index in [4.69, 9.17) is 9.25 Å². The molecule has 1 saturated heterocycles. The Bertz CT molecular complexity index is 1140. The van der Waals surface area contributed by atoms with Gasteiger partial charge in [0.15, 0.2) is 0 Å². The SMILES string of the molecule is CO/N=C(\CCc1nc(-c2ccccc2)oc1C)c1ccc(CC2SC(=O)NC2=O)cc1. The van der Waals surface area contributed by atoms with Gasteiger partial charge in [0.1, 0.15) is 12.9 Å². The number of aryl methyl sites for hydroxylation is 2. The summed E-state index contributed by atoms with van der Waals surface area (Å²) in [7, 11) is 1.52. The Labute approximate surface area is 190 Å². The number of oxime groups is 1. The van der Waals surface area contributed by atoms with Crippen molar-refractivity contribution in [3.05, 3.63) is 77.2 Å². The summed E-state index contributed by atoms with van der Waals surface area (Å²) in [5.74, 6) is 1.17. The molecule has 0 bridgehead atoms. The number of hydrogen-bond donors (Lipinski definition) is 1. The van der Waals surface area contributed by atoms with Crippen molar-refractivity contribution in [1.29, 1.82) is 0 Å². The molecule has 1 aliphatic heterocycles. The summed E-state index contributed by atoms with van der Waals surface area (Å²) in [4.78, 5) is 32.9. The molecule has 4 rings (SSSR count). The van der Waals surface area contributed by atoms with Crippen LogP contribution in [0.2, 0.25) is 0 Å². The van der Waals surface area contributed by atoms with Gasteiger partial charge in [-0.1, -0.05) is 59.4 Å². The van der Waals surface area contributed by atoms with Gasteiger partial charge in [-0.05, 0) is 49.4 Å². The zero-order valence-corrected chi connectivity index (χ0v) is 18.6. The Kier molecular flexibility index (Phi) is 6.70. The van der Waals surface area contributed by atoms with Crippen LogP contribution < -0.4 is 5.32 Å². The number of nitrogens with zero attached hydrogens (tertiary/aromatic N) is 2. The maximum Gasteiger partial charge on any atom is 0.286 e. The molecular formula is C24H23N3O4S. The van der Waals surface area contributed by atoms with E-state index in [1.807, 2.05) is 61.5 Å². The van der Waals surface area contributed by atoms with Crippen molar-refractivity contribution in [1.82, 2.24) is 10.3 Å². The second kappa shape index (κ2) is 9.82. The second-order valence-corrected chi connectivity index (χ2v) is 8.57. The first-order chi connectivity index (χ1) is 15.5. The average molecular weight is 450 g/mol. The molecule has 2 heterocycles. The Morgan fingerprint density at radius 1 is 1.16 bits per heavy atom. The topological polar surface area (TPSA) is 93.8 Å². The molecule has 2 aromatic carbocycles. The molecule has 1 fully saturated rings. The number of hydrogen-bond acceptors (Lipinski definition) is 7. The van der Waals surface area contributed by atoms with Gasteiger partial charge in [-0.3, -0.25) is 14.9 Å². The van der Waals surface area contributed by atoms with Gasteiger partial charge < -0.3 is 9.25 Å². The summed E-state index contributed by atoms with van der Waals surface area (Å²) in [5, 5.41) is 5.86. The summed E-state index contributed by atoms with van der Waals surface area (Å²) in [6, 6.07) is 17.6. The van der Waals surface area contributed by atoms with Gasteiger partial charge in [-0.2, -0.15) is 0 Å². The van der Waals surface area contributed by atoms with Gasteiger partial charge in [0.05, 0.1) is 16.7 Å². The van der Waals surface area contributed by atoms with E-state index in [2.05, 4.69) is 15.5 Å². The molecule has 32 heavy (non-hydrogen) atoms. The number of oxazole rings is 1. The summed E-state index contributed by atoms with van der Waals surface area (Å²) in [6.45, 7) is 1.92. The van der Waals surface area contributed by atoms with E-state index in [1.54, 1.807) is 0 Å². The smallest absolute Gasteiger partial charge is 0.286 e. The molecule has 7 nitrogen and oxygen atoms in total. The maximum atomic E-state index is 11.8. The number of aromatic nitrogens is 1. The fourth-order valence-corrected chi connectivity index (χ4v) is 4.39. The second-order valence-electron chi connectivity index (χ2n) is 7.39. The molecule has 1 unspecified atom stereocenters. The standard InChI is InChI=1S/C24H23N3O4S/c1-15-19(25-23(31-15)18-6-4-3-5-7-18)12-13-20(27-30-2)17-10-8-16(9-11-17)14-21-22(28)26-24(29)32-21/h3-11,21H,12-14H2,1-2H3,(H,26,28,29)/b27-20+. The molecule has 3 aromatic rings. The summed E-state index contributed by atoms with van der Waals surface area (Å²) in [5.41, 5.74) is 4.54. The number of rotatable bonds is 8. The highest BCUT2D eigenvalue weighted by Crippen LogP contribution is 2.24. The number of imide groups is 1. The molecule has 1 atom stereocenters. The van der Waals surface area contributed by atoms with Crippen molar-refractivity contribution in [2.24, 2.45) is 5.16 Å². The van der Waals surface area contributed by atoms with Crippen LogP contribution in [-0.4, -0.2) is 34.2 Å². The quantitative estimate of drug-likeness (QED) is 0.401. The molecule has 164 valence electrons. The molecule has 1 aromatic heterocycles. The van der Waals surface area contributed by atoms with Crippen LogP contribution in [0.15, 0.2) is 64.2 Å². The zero-order chi connectivity index (χ0) is 22.5. The van der Waals surface area contributed by atoms with Crippen molar-refractivity contribution >= 4 is 28.6 Å². The first-order valence-electron chi connectivity index (χ1n) is 10.3. The number of thioether (sulfide) groups is 1. The van der Waals surface area contributed by atoms with Crippen LogP contribution in [0.5, 0.6) is 0 Å². The number of nitrogens with one attached hydrogen (secondary N) is 1. The Hall–Kier alpha value is -3.39. The van der Waals surface area contributed by atoms with Crippen LogP contribution >= 0.6 is 11.8 Å². The molecule has 2 amide bonds. The normalized spacial score (nSPS) is 16.3. The summed E-state index contributed by atoms with van der Waals surface area (Å²) >= 11 is 1.04. The molecule has 0 radical (unpaired) electrons. The molecule has 1 N–H and O–H groups in total. The van der Waals surface area contributed by atoms with E-state index >= 15 is 0 Å². The van der Waals surface area contributed by atoms with Crippen molar-refractivity contribution in [2.45, 2.75) is 31.4 Å². The van der Waals surface area contributed by atoms with Gasteiger partial charge in [0.25, 0.3) is 5.24 Å². The molecular weight excluding hydrogens is 426 g/mol. The lowest BCUT2D eigenvalue weighted by Gasteiger charge is -2.08. The van der Waals surface area contributed by atoms with Crippen LogP contribution in [0, 0.1) is 6.92 Å². The third kappa shape index (κ3) is 5.08. The van der Waals surface area contributed by atoms with E-state index in [0.717, 1.165) is 45.6 Å². The summed E-state index contributed by atoms with van der Waals surface area (Å²) < 4.78 is 5.85. The molecule has 1 aliphatic rings. The Balaban J connectivity index is 1.43. The van der Waals surface area contributed by atoms with Crippen LogP contribution in [-0.2, 0) is 22.5 Å². The third-order valence-corrected chi connectivity index (χ3v) is 6.17. The van der Waals surface area contributed by atoms with Crippen LogP contribution in [0.3, 0.4) is 0 Å². The largest absolute Gasteiger partial charge is 0.441 e. The van der Waals surface area contributed by atoms with Crippen LogP contribution in [0.25, 0.3) is 11.5 Å². The van der Waals surface area contributed by atoms with Gasteiger partial charge in [0, 0.05) is 5.56 Å². The lowest BCUT2D eigenvalue weighted by Crippen LogP contribution is -2.25. The zero-order valence-electron chi connectivity index (χ0n) is 17.8. The molecule has 8 heteroatoms. The highest BCUT2D eigenvalue weighted by molar-refractivity contribution is 8.15. The highest BCUT2D eigenvalue weighted by Gasteiger charge is 2.31. The van der Waals surface area contributed by atoms with Gasteiger partial charge >= 0.3 is 0 Å². The molecule has 0 saturated carbocycles. The number of carbonyl (C=O) groups excluding carboxylic acids is 2. The first kappa shape index (κ1) is 21.8. The number of carbonyl (C=O) groups is 2. The van der Waals surface area contributed by atoms with E-state index in [9.17, 15) is 9.59 Å². The average Bonchev–Trinajstić information content (AvgIpc) is 3.33. The van der Waals surface area contributed by atoms with Gasteiger partial charge in [-0.25, -0.2) is 4.98 Å². The maximum absolute atomic E-state index is 11.8. The van der Waals surface area contributed by atoms with Crippen molar-refractivity contribution in [3.8, 4) is 11.5 Å². The fraction of sp³-hybridized carbons (Fsp3) is 0.250. The van der Waals surface area contributed by atoms with Crippen molar-refractivity contribution in [2.75, 3.05) is 7.11 Å². The minimum Gasteiger partial charge on any atom is -0.441 e. The lowest BCUT2D eigenvalue weighted by molar-refractivity contribution is -0.118. The fourth-order valence-electron chi connectivity index (χ4n) is 3.53. The van der Waals surface area contributed by atoms with E-state index in [1.165, 1.54) is 7.11 Å². The van der Waals surface area contributed by atoms with Crippen LogP contribution in [0.1, 0.15) is 29.0 Å². The lowest BCUT2D eigenvalue weighted by atomic mass is 10.0. The molecule has 0 aliphatic carbocycles. The predicted molar refractivity (Wildman–Crippen MR) is 124 cm³/mol. The van der Waals surface area contributed by atoms with E-state index < -0.39 is 0 Å². The van der Waals surface area contributed by atoms with E-state index in [-0.39, 0.29) is 16.4 Å². The predicted octanol–water partition coefficient (Wildman–Crippen LogP) is 4.53. The minimum atomic E-state index is -0.380. The first-order valence-corrected chi connectivity index (χ1v) is 11.1. The van der Waals surface area contributed by atoms with Crippen molar-refractivity contribution in [3.63, 3.8) is 0 Å². The highest BCUT2D eigenvalue weighted by atomic mass is 32.2. The van der Waals surface area contributed by atoms with Crippen molar-refractivity contribution < 1.29 is 18.8 Å². The van der Waals surface area contributed by atoms with Gasteiger partial charge in [0.2, 0.25) is 11.8 Å². The summed E-state index contributed by atoms with van der Waals surface area (Å²) in [6.07, 6.45) is 1.79. The third-order valence-electron chi connectivity index (χ3n) is 5.19. The Morgan fingerprint density at radius 3 is 2.56 bits per heavy atom.